The van der Waals surface area contributed by atoms with E-state index in [1.54, 1.807) is 4.68 Å². The molecule has 9 heteroatoms. The molecule has 2 amide bonds. The number of likely N-dealkylation sites (tertiary alicyclic amines) is 1. The van der Waals surface area contributed by atoms with Crippen molar-refractivity contribution in [3.05, 3.63) is 42.2 Å². The van der Waals surface area contributed by atoms with Crippen LogP contribution in [0.1, 0.15) is 31.4 Å². The molecule has 0 aliphatic carbocycles. The van der Waals surface area contributed by atoms with Crippen LogP contribution in [0.25, 0.3) is 11.4 Å². The third kappa shape index (κ3) is 3.73. The minimum Gasteiger partial charge on any atom is -0.322 e. The predicted octanol–water partition coefficient (Wildman–Crippen LogP) is 2.73. The number of rotatable bonds is 4. The molecule has 3 heterocycles. The largest absolute Gasteiger partial charge is 0.322 e. The van der Waals surface area contributed by atoms with Gasteiger partial charge in [-0.15, -0.1) is 5.10 Å². The Kier molecular flexibility index (Phi) is 5.05. The van der Waals surface area contributed by atoms with Crippen LogP contribution >= 0.6 is 0 Å². The number of tetrazole rings is 1. The maximum atomic E-state index is 12.8. The first kappa shape index (κ1) is 18.1. The normalized spacial score (nSPS) is 16.9. The van der Waals surface area contributed by atoms with Crippen LogP contribution in [0, 0.1) is 6.92 Å². The van der Waals surface area contributed by atoms with Crippen molar-refractivity contribution < 1.29 is 4.79 Å². The number of carbonyl (C=O) groups is 1. The molecule has 28 heavy (non-hydrogen) atoms. The maximum absolute atomic E-state index is 12.8. The fraction of sp³-hybridized carbons (Fsp3) is 0.421. The Bertz CT molecular complexity index is 962. The lowest BCUT2D eigenvalue weighted by Crippen LogP contribution is -2.43. The molecule has 1 atom stereocenters. The third-order valence-electron chi connectivity index (χ3n) is 4.99. The standard InChI is InChI=1S/C19H24N8O/c1-3-26-18(22-23-24-26)15-6-4-7-16(10-15)21-19(28)25-9-5-8-17(13-25)27-12-14(2)11-20-27/h4,6-7,10-12,17H,3,5,8-9,13H2,1-2H3,(H,21,28). The van der Waals surface area contributed by atoms with Crippen molar-refractivity contribution in [1.82, 2.24) is 34.9 Å². The van der Waals surface area contributed by atoms with Gasteiger partial charge in [-0.25, -0.2) is 9.48 Å². The molecule has 9 nitrogen and oxygen atoms in total. The molecule has 1 fully saturated rings. The lowest BCUT2D eigenvalue weighted by Gasteiger charge is -2.32. The van der Waals surface area contributed by atoms with E-state index in [1.807, 2.05) is 60.1 Å². The fourth-order valence-electron chi connectivity index (χ4n) is 3.55. The molecular weight excluding hydrogens is 356 g/mol. The first-order chi connectivity index (χ1) is 13.6. The van der Waals surface area contributed by atoms with Crippen molar-refractivity contribution in [2.75, 3.05) is 18.4 Å². The number of benzene rings is 1. The molecule has 1 N–H and O–H groups in total. The molecule has 3 aromatic rings. The Balaban J connectivity index is 1.45. The Labute approximate surface area is 163 Å². The van der Waals surface area contributed by atoms with E-state index in [0.29, 0.717) is 18.9 Å². The highest BCUT2D eigenvalue weighted by Gasteiger charge is 2.25. The van der Waals surface area contributed by atoms with Crippen LogP contribution in [0.5, 0.6) is 0 Å². The highest BCUT2D eigenvalue weighted by atomic mass is 16.2. The zero-order valence-corrected chi connectivity index (χ0v) is 16.1. The molecule has 0 spiro atoms. The number of aryl methyl sites for hydroxylation is 2. The molecule has 2 aromatic heterocycles. The second-order valence-electron chi connectivity index (χ2n) is 7.07. The number of anilines is 1. The number of piperidine rings is 1. The van der Waals surface area contributed by atoms with Gasteiger partial charge in [0.05, 0.1) is 12.2 Å². The van der Waals surface area contributed by atoms with Crippen LogP contribution in [0.15, 0.2) is 36.7 Å². The summed E-state index contributed by atoms with van der Waals surface area (Å²) in [4.78, 5) is 14.7. The van der Waals surface area contributed by atoms with Gasteiger partial charge in [-0.2, -0.15) is 5.10 Å². The summed E-state index contributed by atoms with van der Waals surface area (Å²) in [5.74, 6) is 0.686. The second-order valence-corrected chi connectivity index (χ2v) is 7.07. The summed E-state index contributed by atoms with van der Waals surface area (Å²) in [5.41, 5.74) is 2.73. The number of amides is 2. The number of nitrogens with one attached hydrogen (secondary N) is 1. The van der Waals surface area contributed by atoms with Crippen molar-refractivity contribution in [1.29, 1.82) is 0 Å². The number of nitrogens with zero attached hydrogens (tertiary/aromatic N) is 7. The summed E-state index contributed by atoms with van der Waals surface area (Å²) in [6.07, 6.45) is 5.88. The van der Waals surface area contributed by atoms with E-state index in [-0.39, 0.29) is 12.1 Å². The van der Waals surface area contributed by atoms with Gasteiger partial charge in [0.25, 0.3) is 0 Å². The molecule has 4 rings (SSSR count). The summed E-state index contributed by atoms with van der Waals surface area (Å²) in [5, 5.41) is 19.2. The van der Waals surface area contributed by atoms with Crippen molar-refractivity contribution in [3.63, 3.8) is 0 Å². The van der Waals surface area contributed by atoms with E-state index in [9.17, 15) is 4.79 Å². The Hall–Kier alpha value is -3.23. The van der Waals surface area contributed by atoms with Gasteiger partial charge in [-0.3, -0.25) is 4.68 Å². The molecular formula is C19H24N8O. The minimum atomic E-state index is -0.0965. The van der Waals surface area contributed by atoms with Crippen LogP contribution < -0.4 is 5.32 Å². The maximum Gasteiger partial charge on any atom is 0.321 e. The molecule has 1 aliphatic heterocycles. The number of hydrogen-bond donors (Lipinski definition) is 1. The smallest absolute Gasteiger partial charge is 0.321 e. The summed E-state index contributed by atoms with van der Waals surface area (Å²) in [6, 6.07) is 7.72. The summed E-state index contributed by atoms with van der Waals surface area (Å²) >= 11 is 0. The van der Waals surface area contributed by atoms with E-state index >= 15 is 0 Å². The van der Waals surface area contributed by atoms with Crippen LogP contribution in [0.3, 0.4) is 0 Å². The Morgan fingerprint density at radius 2 is 2.25 bits per heavy atom. The number of urea groups is 1. The highest BCUT2D eigenvalue weighted by molar-refractivity contribution is 5.90. The number of carbonyl (C=O) groups excluding carboxylic acids is 1. The molecule has 146 valence electrons. The fourth-order valence-corrected chi connectivity index (χ4v) is 3.55. The van der Waals surface area contributed by atoms with Gasteiger partial charge in [0, 0.05) is 37.1 Å². The van der Waals surface area contributed by atoms with Crippen LogP contribution in [0.2, 0.25) is 0 Å². The minimum absolute atomic E-state index is 0.0965. The highest BCUT2D eigenvalue weighted by Crippen LogP contribution is 2.23. The molecule has 1 unspecified atom stereocenters. The average Bonchev–Trinajstić information content (AvgIpc) is 3.37. The zero-order valence-electron chi connectivity index (χ0n) is 16.1. The van der Waals surface area contributed by atoms with E-state index in [2.05, 4.69) is 25.9 Å². The van der Waals surface area contributed by atoms with Gasteiger partial charge in [0.15, 0.2) is 5.82 Å². The molecule has 0 bridgehead atoms. The summed E-state index contributed by atoms with van der Waals surface area (Å²) < 4.78 is 3.70. The molecule has 0 radical (unpaired) electrons. The predicted molar refractivity (Wildman–Crippen MR) is 105 cm³/mol. The Morgan fingerprint density at radius 1 is 1.36 bits per heavy atom. The topological polar surface area (TPSA) is 93.8 Å². The molecule has 1 aliphatic rings. The average molecular weight is 380 g/mol. The zero-order chi connectivity index (χ0) is 19.5. The number of aromatic nitrogens is 6. The first-order valence-corrected chi connectivity index (χ1v) is 9.57. The van der Waals surface area contributed by atoms with E-state index in [4.69, 9.17) is 0 Å². The van der Waals surface area contributed by atoms with Gasteiger partial charge < -0.3 is 10.2 Å². The molecule has 0 saturated carbocycles. The SMILES string of the molecule is CCn1nnnc1-c1cccc(NC(=O)N2CCCC(n3cc(C)cn3)C2)c1. The van der Waals surface area contributed by atoms with Crippen LogP contribution in [0.4, 0.5) is 10.5 Å². The first-order valence-electron chi connectivity index (χ1n) is 9.57. The molecule has 1 aromatic carbocycles. The van der Waals surface area contributed by atoms with E-state index in [1.165, 1.54) is 0 Å². The quantitative estimate of drug-likeness (QED) is 0.751. The second kappa shape index (κ2) is 7.79. The lowest BCUT2D eigenvalue weighted by atomic mass is 10.1. The monoisotopic (exact) mass is 380 g/mol. The van der Waals surface area contributed by atoms with Crippen molar-refractivity contribution >= 4 is 11.7 Å². The summed E-state index contributed by atoms with van der Waals surface area (Å²) in [6.45, 7) is 6.09. The van der Waals surface area contributed by atoms with Crippen molar-refractivity contribution in [2.24, 2.45) is 0 Å². The van der Waals surface area contributed by atoms with Gasteiger partial charge in [0.1, 0.15) is 0 Å². The van der Waals surface area contributed by atoms with Crippen molar-refractivity contribution in [3.8, 4) is 11.4 Å². The number of hydrogen-bond acceptors (Lipinski definition) is 5. The van der Waals surface area contributed by atoms with Gasteiger partial charge in [-0.1, -0.05) is 12.1 Å². The summed E-state index contributed by atoms with van der Waals surface area (Å²) in [7, 11) is 0. The van der Waals surface area contributed by atoms with Gasteiger partial charge in [-0.05, 0) is 54.8 Å². The third-order valence-corrected chi connectivity index (χ3v) is 4.99. The van der Waals surface area contributed by atoms with Crippen molar-refractivity contribution in [2.45, 2.75) is 39.3 Å². The van der Waals surface area contributed by atoms with Crippen LogP contribution in [-0.4, -0.2) is 54.0 Å². The molecule has 1 saturated heterocycles. The van der Waals surface area contributed by atoms with E-state index < -0.39 is 0 Å². The Morgan fingerprint density at radius 3 is 3.04 bits per heavy atom. The van der Waals surface area contributed by atoms with E-state index in [0.717, 1.165) is 36.2 Å². The van der Waals surface area contributed by atoms with Gasteiger partial charge >= 0.3 is 6.03 Å². The van der Waals surface area contributed by atoms with Gasteiger partial charge in [0.2, 0.25) is 0 Å². The van der Waals surface area contributed by atoms with Crippen LogP contribution in [-0.2, 0) is 6.54 Å². The lowest BCUT2D eigenvalue weighted by molar-refractivity contribution is 0.175.